The predicted molar refractivity (Wildman–Crippen MR) is 190 cm³/mol. The van der Waals surface area contributed by atoms with E-state index in [0.29, 0.717) is 43.8 Å². The third-order valence-electron chi connectivity index (χ3n) is 7.96. The van der Waals surface area contributed by atoms with Gasteiger partial charge in [-0.1, -0.05) is 151 Å². The minimum Gasteiger partial charge on any atom is -0.455 e. The Labute approximate surface area is 284 Å². The fraction of sp³-hybridized carbons (Fsp3) is 0. The Morgan fingerprint density at radius 3 is 1.53 bits per heavy atom. The lowest BCUT2D eigenvalue weighted by atomic mass is 9.83. The van der Waals surface area contributed by atoms with Crippen LogP contribution in [0.3, 0.4) is 0 Å². The van der Waals surface area contributed by atoms with Gasteiger partial charge in [0.1, 0.15) is 11.2 Å². The topological polar surface area (TPSA) is 13.1 Å². The van der Waals surface area contributed by atoms with Crippen molar-refractivity contribution in [3.8, 4) is 44.5 Å². The van der Waals surface area contributed by atoms with Crippen LogP contribution >= 0.6 is 0 Å². The van der Waals surface area contributed by atoms with Crippen molar-refractivity contribution >= 4 is 43.5 Å². The molecule has 8 aromatic carbocycles. The molecule has 1 aromatic heterocycles. The first-order valence-corrected chi connectivity index (χ1v) is 14.1. The first-order valence-electron chi connectivity index (χ1n) is 22.1. The van der Waals surface area contributed by atoms with Gasteiger partial charge in [0.2, 0.25) is 0 Å². The molecular formula is C44H28O. The molecule has 0 bridgehead atoms. The Bertz CT molecular complexity index is 3330. The van der Waals surface area contributed by atoms with Gasteiger partial charge in [0.25, 0.3) is 0 Å². The molecule has 0 fully saturated rings. The summed E-state index contributed by atoms with van der Waals surface area (Å²) in [4.78, 5) is 0. The second-order valence-electron chi connectivity index (χ2n) is 10.4. The second kappa shape index (κ2) is 10.4. The van der Waals surface area contributed by atoms with Gasteiger partial charge in [0, 0.05) is 16.3 Å². The average molecular weight is 589 g/mol. The van der Waals surface area contributed by atoms with Crippen LogP contribution in [0.25, 0.3) is 88.0 Å². The maximum Gasteiger partial charge on any atom is 0.143 e. The van der Waals surface area contributed by atoms with Crippen molar-refractivity contribution in [2.75, 3.05) is 0 Å². The zero-order chi connectivity index (χ0) is 43.7. The SMILES string of the molecule is [2H]c1c([2H])c([2H])c(-c2ccccc2-c2c3ccccc3c(-c3c([2H])c(-c4c([2H])c([2H])c([2H])c([2H])c4[2H])c4oc5c([2H])c([2H])c([2H])c([2H])c5c4c3[2H])c3ccccc23)c([2H])c1[2H]. The number of benzene rings is 8. The molecule has 0 saturated heterocycles. The summed E-state index contributed by atoms with van der Waals surface area (Å²) in [7, 11) is 0. The molecule has 1 nitrogen and oxygen atoms in total. The van der Waals surface area contributed by atoms with Crippen molar-refractivity contribution in [3.63, 3.8) is 0 Å². The van der Waals surface area contributed by atoms with E-state index in [1.54, 1.807) is 60.7 Å². The Hall–Kier alpha value is -5.92. The third-order valence-corrected chi connectivity index (χ3v) is 7.96. The molecule has 0 saturated carbocycles. The van der Waals surface area contributed by atoms with Gasteiger partial charge in [-0.05, 0) is 78.6 Å². The molecule has 9 rings (SSSR count). The zero-order valence-corrected chi connectivity index (χ0v) is 23.3. The highest BCUT2D eigenvalue weighted by atomic mass is 16.3. The van der Waals surface area contributed by atoms with Crippen molar-refractivity contribution in [2.24, 2.45) is 0 Å². The van der Waals surface area contributed by atoms with E-state index in [9.17, 15) is 2.74 Å². The quantitative estimate of drug-likeness (QED) is 0.186. The van der Waals surface area contributed by atoms with E-state index in [4.69, 9.17) is 23.6 Å². The van der Waals surface area contributed by atoms with E-state index in [0.717, 1.165) is 0 Å². The lowest BCUT2D eigenvalue weighted by Gasteiger charge is -2.20. The van der Waals surface area contributed by atoms with E-state index in [1.807, 2.05) is 12.1 Å². The molecule has 210 valence electrons. The summed E-state index contributed by atoms with van der Waals surface area (Å²) < 4.78 is 147. The fourth-order valence-electron chi connectivity index (χ4n) is 6.12. The number of furan rings is 1. The van der Waals surface area contributed by atoms with E-state index >= 15 is 0 Å². The Kier molecular flexibility index (Phi) is 3.28. The van der Waals surface area contributed by atoms with Crippen LogP contribution in [-0.4, -0.2) is 0 Å². The normalized spacial score (nSPS) is 16.5. The minimum atomic E-state index is -0.696. The van der Waals surface area contributed by atoms with Gasteiger partial charge in [-0.2, -0.15) is 0 Å². The van der Waals surface area contributed by atoms with Crippen LogP contribution in [0.5, 0.6) is 0 Å². The monoisotopic (exact) mass is 588 g/mol. The van der Waals surface area contributed by atoms with Gasteiger partial charge >= 0.3 is 0 Å². The highest BCUT2D eigenvalue weighted by molar-refractivity contribution is 6.23. The van der Waals surface area contributed by atoms with Crippen LogP contribution < -0.4 is 0 Å². The van der Waals surface area contributed by atoms with Gasteiger partial charge in [-0.15, -0.1) is 0 Å². The first kappa shape index (κ1) is 14.2. The van der Waals surface area contributed by atoms with Crippen LogP contribution in [0.4, 0.5) is 0 Å². The molecule has 0 atom stereocenters. The minimum absolute atomic E-state index is 0.00848. The molecule has 1 heterocycles. The molecule has 9 aromatic rings. The maximum atomic E-state index is 9.94. The third kappa shape index (κ3) is 4.09. The lowest BCUT2D eigenvalue weighted by molar-refractivity contribution is 0.670. The molecular weight excluding hydrogens is 544 g/mol. The summed E-state index contributed by atoms with van der Waals surface area (Å²) in [6.45, 7) is 0. The van der Waals surface area contributed by atoms with Gasteiger partial charge < -0.3 is 4.42 Å². The fourth-order valence-corrected chi connectivity index (χ4v) is 6.12. The van der Waals surface area contributed by atoms with Crippen LogP contribution in [0.2, 0.25) is 0 Å². The van der Waals surface area contributed by atoms with Gasteiger partial charge in [-0.25, -0.2) is 0 Å². The summed E-state index contributed by atoms with van der Waals surface area (Å²) in [5.74, 6) is 0. The molecule has 0 aliphatic heterocycles. The Morgan fingerprint density at radius 1 is 0.378 bits per heavy atom. The van der Waals surface area contributed by atoms with Crippen molar-refractivity contribution in [2.45, 2.75) is 0 Å². The Balaban J connectivity index is 1.50. The summed E-state index contributed by atoms with van der Waals surface area (Å²) >= 11 is 0. The number of hydrogen-bond acceptors (Lipinski definition) is 1. The highest BCUT2D eigenvalue weighted by Gasteiger charge is 2.21. The molecule has 0 N–H and O–H groups in total. The molecule has 45 heavy (non-hydrogen) atoms. The first-order chi connectivity index (χ1) is 29.0. The standard InChI is InChI=1S/C44H28O/c1-3-15-29(16-4-1)32-19-7-8-21-34(32)43-37-24-11-9-22-35(37)42(36-23-10-12-25-38(36)43)31-27-39(30-17-5-2-6-18-30)44-40(28-31)33-20-13-14-26-41(33)45-44/h1-28H/i1D,2D,3D,4D,5D,6D,13D,14D,15D,16D,17D,18D,20D,26D,27D,28D. The molecule has 0 amide bonds. The largest absolute Gasteiger partial charge is 0.455 e. The zero-order valence-electron chi connectivity index (χ0n) is 39.3. The van der Waals surface area contributed by atoms with Crippen molar-refractivity contribution < 1.29 is 26.3 Å². The van der Waals surface area contributed by atoms with Crippen LogP contribution in [0.15, 0.2) is 174 Å². The molecule has 0 aliphatic carbocycles. The molecule has 0 unspecified atom stereocenters. The number of fused-ring (bicyclic) bond motifs is 5. The van der Waals surface area contributed by atoms with Crippen LogP contribution in [0, 0.1) is 0 Å². The second-order valence-corrected chi connectivity index (χ2v) is 10.4. The highest BCUT2D eigenvalue weighted by Crippen LogP contribution is 2.48. The van der Waals surface area contributed by atoms with Gasteiger partial charge in [-0.3, -0.25) is 0 Å². The maximum absolute atomic E-state index is 9.94. The molecule has 1 heteroatoms. The number of para-hydroxylation sites is 1. The number of rotatable bonds is 4. The van der Waals surface area contributed by atoms with E-state index < -0.39 is 84.1 Å². The smallest absolute Gasteiger partial charge is 0.143 e. The molecule has 0 aliphatic rings. The van der Waals surface area contributed by atoms with Gasteiger partial charge in [0.05, 0.1) is 21.9 Å². The number of hydrogen-bond donors (Lipinski definition) is 0. The predicted octanol–water partition coefficient (Wildman–Crippen LogP) is 12.6. The van der Waals surface area contributed by atoms with E-state index in [1.165, 1.54) is 0 Å². The Morgan fingerprint density at radius 2 is 0.889 bits per heavy atom. The molecule has 0 radical (unpaired) electrons. The van der Waals surface area contributed by atoms with Crippen LogP contribution in [0.1, 0.15) is 21.9 Å². The van der Waals surface area contributed by atoms with Crippen LogP contribution in [-0.2, 0) is 0 Å². The summed E-state index contributed by atoms with van der Waals surface area (Å²) in [5.41, 5.74) is 0.308. The lowest BCUT2D eigenvalue weighted by Crippen LogP contribution is -1.93. The van der Waals surface area contributed by atoms with Crippen molar-refractivity contribution in [1.29, 1.82) is 0 Å². The van der Waals surface area contributed by atoms with Crippen molar-refractivity contribution in [3.05, 3.63) is 169 Å². The van der Waals surface area contributed by atoms with Gasteiger partial charge in [0.15, 0.2) is 0 Å². The van der Waals surface area contributed by atoms with E-state index in [-0.39, 0.29) is 56.8 Å². The summed E-state index contributed by atoms with van der Waals surface area (Å²) in [5, 5.41) is 1.76. The average Bonchev–Trinajstić information content (AvgIpc) is 3.67. The van der Waals surface area contributed by atoms with E-state index in [2.05, 4.69) is 0 Å². The molecule has 0 spiro atoms. The summed E-state index contributed by atoms with van der Waals surface area (Å²) in [6.07, 6.45) is 0. The van der Waals surface area contributed by atoms with Crippen molar-refractivity contribution in [1.82, 2.24) is 0 Å². The summed E-state index contributed by atoms with van der Waals surface area (Å²) in [6, 6.07) is 12.3.